The Kier molecular flexibility index (Phi) is 4.15. The lowest BCUT2D eigenvalue weighted by Crippen LogP contribution is -2.41. The van der Waals surface area contributed by atoms with Gasteiger partial charge in [-0.15, -0.1) is 0 Å². The number of aromatic carboxylic acids is 1. The van der Waals surface area contributed by atoms with Crippen LogP contribution in [0.1, 0.15) is 10.4 Å². The van der Waals surface area contributed by atoms with Gasteiger partial charge in [-0.2, -0.15) is 22.0 Å². The molecular weight excluding hydrogens is 301 g/mol. The van der Waals surface area contributed by atoms with Crippen LogP contribution >= 0.6 is 0 Å². The van der Waals surface area contributed by atoms with Crippen LogP contribution in [0.5, 0.6) is 5.75 Å². The molecule has 3 nitrogen and oxygen atoms in total. The number of hydrogen-bond acceptors (Lipinski definition) is 2. The van der Waals surface area contributed by atoms with Gasteiger partial charge >= 0.3 is 18.1 Å². The summed E-state index contributed by atoms with van der Waals surface area (Å²) in [6, 6.07) is 0.775. The fraction of sp³-hybridized carbons (Fsp3) is 0.300. The van der Waals surface area contributed by atoms with Gasteiger partial charge < -0.3 is 9.84 Å². The summed E-state index contributed by atoms with van der Waals surface area (Å²) in [5, 5.41) is 8.46. The highest BCUT2D eigenvalue weighted by Gasteiger charge is 2.58. The van der Waals surface area contributed by atoms with Crippen molar-refractivity contribution in [3.63, 3.8) is 0 Å². The Morgan fingerprint density at radius 2 is 1.70 bits per heavy atom. The fourth-order valence-electron chi connectivity index (χ4n) is 1.09. The molecule has 0 aliphatic heterocycles. The Hall–Kier alpha value is -2.00. The number of alkyl halides is 5. The molecule has 0 heterocycles. The third-order valence-corrected chi connectivity index (χ3v) is 2.09. The summed E-state index contributed by atoms with van der Waals surface area (Å²) >= 11 is 0. The normalized spacial score (nSPS) is 12.3. The van der Waals surface area contributed by atoms with Crippen molar-refractivity contribution in [1.82, 2.24) is 0 Å². The predicted molar refractivity (Wildman–Crippen MR) is 49.8 cm³/mol. The number of halogens is 7. The number of benzene rings is 1. The first-order chi connectivity index (χ1) is 8.97. The molecule has 1 N–H and O–H groups in total. The maximum Gasteiger partial charge on any atom is 0.456 e. The van der Waals surface area contributed by atoms with E-state index < -0.39 is 47.6 Å². The molecular formula is C10H5F7O3. The van der Waals surface area contributed by atoms with Gasteiger partial charge in [-0.3, -0.25) is 0 Å². The smallest absolute Gasteiger partial charge is 0.456 e. The van der Waals surface area contributed by atoms with E-state index in [4.69, 9.17) is 5.11 Å². The van der Waals surface area contributed by atoms with Gasteiger partial charge in [0.1, 0.15) is 11.4 Å². The summed E-state index contributed by atoms with van der Waals surface area (Å²) in [7, 11) is 0. The van der Waals surface area contributed by atoms with Gasteiger partial charge in [0, 0.05) is 0 Å². The SMILES string of the molecule is O=C(O)c1c(F)ccc(OCC(F)(F)C(F)(F)F)c1F. The summed E-state index contributed by atoms with van der Waals surface area (Å²) in [5.74, 6) is -12.0. The highest BCUT2D eigenvalue weighted by atomic mass is 19.4. The van der Waals surface area contributed by atoms with Crippen LogP contribution in [0.3, 0.4) is 0 Å². The molecule has 0 bridgehead atoms. The van der Waals surface area contributed by atoms with E-state index in [1.807, 2.05) is 0 Å². The summed E-state index contributed by atoms with van der Waals surface area (Å²) in [6.07, 6.45) is -5.92. The minimum Gasteiger partial charge on any atom is -0.484 e. The third kappa shape index (κ3) is 3.11. The van der Waals surface area contributed by atoms with Crippen LogP contribution < -0.4 is 4.74 Å². The number of carbonyl (C=O) groups is 1. The molecule has 0 aliphatic carbocycles. The van der Waals surface area contributed by atoms with E-state index in [1.165, 1.54) is 0 Å². The van der Waals surface area contributed by atoms with Crippen LogP contribution in [0, 0.1) is 11.6 Å². The number of rotatable bonds is 4. The van der Waals surface area contributed by atoms with Gasteiger partial charge in [-0.25, -0.2) is 13.6 Å². The lowest BCUT2D eigenvalue weighted by Gasteiger charge is -2.20. The average Bonchev–Trinajstić information content (AvgIpc) is 2.25. The van der Waals surface area contributed by atoms with Crippen LogP contribution in [0.2, 0.25) is 0 Å². The summed E-state index contributed by atoms with van der Waals surface area (Å²) in [6.45, 7) is -2.27. The van der Waals surface area contributed by atoms with Crippen LogP contribution in [-0.2, 0) is 0 Å². The standard InChI is InChI=1S/C10H5F7O3/c11-4-1-2-5(7(12)6(4)8(18)19)20-3-9(13,14)10(15,16)17/h1-2H,3H2,(H,18,19). The number of ether oxygens (including phenoxy) is 1. The summed E-state index contributed by atoms with van der Waals surface area (Å²) in [4.78, 5) is 10.5. The molecule has 112 valence electrons. The van der Waals surface area contributed by atoms with Crippen molar-refractivity contribution in [1.29, 1.82) is 0 Å². The molecule has 1 aromatic rings. The van der Waals surface area contributed by atoms with Gasteiger partial charge in [0.15, 0.2) is 18.2 Å². The number of hydrogen-bond donors (Lipinski definition) is 1. The summed E-state index contributed by atoms with van der Waals surface area (Å²) < 4.78 is 90.8. The Morgan fingerprint density at radius 3 is 2.15 bits per heavy atom. The molecule has 0 aliphatic rings. The maximum absolute atomic E-state index is 13.4. The Bertz CT molecular complexity index is 524. The molecule has 0 spiro atoms. The first-order valence-electron chi connectivity index (χ1n) is 4.76. The Morgan fingerprint density at radius 1 is 1.15 bits per heavy atom. The van der Waals surface area contributed by atoms with E-state index in [9.17, 15) is 35.5 Å². The number of carboxylic acid groups (broad SMARTS) is 1. The first-order valence-corrected chi connectivity index (χ1v) is 4.76. The highest BCUT2D eigenvalue weighted by Crippen LogP contribution is 2.36. The van der Waals surface area contributed by atoms with E-state index in [0.717, 1.165) is 0 Å². The Labute approximate surface area is 106 Å². The zero-order valence-electron chi connectivity index (χ0n) is 9.27. The van der Waals surface area contributed by atoms with E-state index in [1.54, 1.807) is 0 Å². The third-order valence-electron chi connectivity index (χ3n) is 2.09. The number of carboxylic acids is 1. The quantitative estimate of drug-likeness (QED) is 0.869. The van der Waals surface area contributed by atoms with E-state index in [2.05, 4.69) is 4.74 Å². The van der Waals surface area contributed by atoms with Crippen molar-refractivity contribution < 1.29 is 45.4 Å². The monoisotopic (exact) mass is 306 g/mol. The second-order valence-electron chi connectivity index (χ2n) is 3.53. The predicted octanol–water partition coefficient (Wildman–Crippen LogP) is 3.24. The van der Waals surface area contributed by atoms with Crippen LogP contribution in [0.4, 0.5) is 30.7 Å². The second kappa shape index (κ2) is 5.17. The second-order valence-corrected chi connectivity index (χ2v) is 3.53. The highest BCUT2D eigenvalue weighted by molar-refractivity contribution is 5.88. The van der Waals surface area contributed by atoms with Gasteiger partial charge in [-0.1, -0.05) is 0 Å². The van der Waals surface area contributed by atoms with Crippen molar-refractivity contribution >= 4 is 5.97 Å². The van der Waals surface area contributed by atoms with Crippen LogP contribution in [0.15, 0.2) is 12.1 Å². The zero-order valence-corrected chi connectivity index (χ0v) is 9.27. The molecule has 0 amide bonds. The van der Waals surface area contributed by atoms with Crippen molar-refractivity contribution in [3.05, 3.63) is 29.3 Å². The van der Waals surface area contributed by atoms with E-state index in [0.29, 0.717) is 12.1 Å². The largest absolute Gasteiger partial charge is 0.484 e. The fourth-order valence-corrected chi connectivity index (χ4v) is 1.09. The molecule has 1 rings (SSSR count). The van der Waals surface area contributed by atoms with E-state index in [-0.39, 0.29) is 0 Å². The Balaban J connectivity index is 3.01. The lowest BCUT2D eigenvalue weighted by molar-refractivity contribution is -0.290. The molecule has 0 atom stereocenters. The van der Waals surface area contributed by atoms with Crippen molar-refractivity contribution in [2.45, 2.75) is 12.1 Å². The molecule has 0 unspecified atom stereocenters. The maximum atomic E-state index is 13.4. The molecule has 0 saturated carbocycles. The lowest BCUT2D eigenvalue weighted by atomic mass is 10.2. The average molecular weight is 306 g/mol. The van der Waals surface area contributed by atoms with E-state index >= 15 is 0 Å². The topological polar surface area (TPSA) is 46.5 Å². The zero-order chi connectivity index (χ0) is 15.7. The molecule has 1 aromatic carbocycles. The molecule has 10 heteroatoms. The minimum atomic E-state index is -5.92. The molecule has 0 fully saturated rings. The van der Waals surface area contributed by atoms with Gasteiger partial charge in [0.2, 0.25) is 0 Å². The molecule has 20 heavy (non-hydrogen) atoms. The summed E-state index contributed by atoms with van der Waals surface area (Å²) in [5.41, 5.74) is -1.52. The van der Waals surface area contributed by atoms with Gasteiger partial charge in [-0.05, 0) is 12.1 Å². The van der Waals surface area contributed by atoms with Crippen molar-refractivity contribution in [2.24, 2.45) is 0 Å². The van der Waals surface area contributed by atoms with Gasteiger partial charge in [0.25, 0.3) is 0 Å². The van der Waals surface area contributed by atoms with Crippen molar-refractivity contribution in [2.75, 3.05) is 6.61 Å². The van der Waals surface area contributed by atoms with Crippen molar-refractivity contribution in [3.8, 4) is 5.75 Å². The van der Waals surface area contributed by atoms with Gasteiger partial charge in [0.05, 0.1) is 0 Å². The first kappa shape index (κ1) is 16.1. The molecule has 0 saturated heterocycles. The van der Waals surface area contributed by atoms with Crippen LogP contribution in [0.25, 0.3) is 0 Å². The minimum absolute atomic E-state index is 0.369. The van der Waals surface area contributed by atoms with Crippen LogP contribution in [-0.4, -0.2) is 29.8 Å². The molecule has 0 radical (unpaired) electrons. The molecule has 0 aromatic heterocycles.